The van der Waals surface area contributed by atoms with Crippen molar-refractivity contribution in [2.75, 3.05) is 0 Å². The molecule has 1 aromatic rings. The van der Waals surface area contributed by atoms with Crippen LogP contribution in [-0.2, 0) is 23.9 Å². The summed E-state index contributed by atoms with van der Waals surface area (Å²) in [5.41, 5.74) is 5.99. The van der Waals surface area contributed by atoms with E-state index < -0.39 is 41.9 Å². The summed E-state index contributed by atoms with van der Waals surface area (Å²) in [6, 6.07) is 3.26. The van der Waals surface area contributed by atoms with Crippen LogP contribution in [0, 0.1) is 22.7 Å². The largest absolute Gasteiger partial charge is 0.480 e. The van der Waals surface area contributed by atoms with Crippen molar-refractivity contribution in [3.8, 4) is 11.5 Å². The van der Waals surface area contributed by atoms with Crippen molar-refractivity contribution >= 4 is 23.9 Å². The van der Waals surface area contributed by atoms with Crippen LogP contribution in [0.1, 0.15) is 112 Å². The van der Waals surface area contributed by atoms with E-state index in [0.717, 1.165) is 32.1 Å². The number of carbonyl (C=O) groups excluding carboxylic acids is 3. The summed E-state index contributed by atoms with van der Waals surface area (Å²) in [5, 5.41) is 9.87. The second-order valence-corrected chi connectivity index (χ2v) is 13.9. The Kier molecular flexibility index (Phi) is 11.9. The molecule has 9 heteroatoms. The topological polar surface area (TPSA) is 142 Å². The van der Waals surface area contributed by atoms with Gasteiger partial charge in [0.15, 0.2) is 11.5 Å². The van der Waals surface area contributed by atoms with E-state index in [1.165, 1.54) is 12.1 Å². The third-order valence-electron chi connectivity index (χ3n) is 7.37. The fraction of sp³-hybridized carbons (Fsp3) is 0.688. The van der Waals surface area contributed by atoms with Crippen LogP contribution >= 0.6 is 0 Å². The first kappa shape index (κ1) is 34.3. The Labute approximate surface area is 244 Å². The molecule has 4 atom stereocenters. The Bertz CT molecular complexity index is 1080. The lowest BCUT2D eigenvalue weighted by atomic mass is 9.79. The lowest BCUT2D eigenvalue weighted by Gasteiger charge is -2.33. The summed E-state index contributed by atoms with van der Waals surface area (Å²) < 4.78 is 17.1. The Morgan fingerprint density at radius 2 is 1.39 bits per heavy atom. The Morgan fingerprint density at radius 3 is 1.88 bits per heavy atom. The summed E-state index contributed by atoms with van der Waals surface area (Å²) in [6.45, 7) is 14.9. The molecular weight excluding hydrogens is 526 g/mol. The number of esters is 3. The van der Waals surface area contributed by atoms with Crippen molar-refractivity contribution in [2.45, 2.75) is 118 Å². The summed E-state index contributed by atoms with van der Waals surface area (Å²) in [7, 11) is 0. The van der Waals surface area contributed by atoms with Gasteiger partial charge in [-0.05, 0) is 48.3 Å². The fourth-order valence-corrected chi connectivity index (χ4v) is 5.09. The molecule has 230 valence electrons. The van der Waals surface area contributed by atoms with Gasteiger partial charge in [0.2, 0.25) is 0 Å². The number of carbonyl (C=O) groups is 4. The summed E-state index contributed by atoms with van der Waals surface area (Å²) in [6.07, 6.45) is 4.27. The highest BCUT2D eigenvalue weighted by Crippen LogP contribution is 2.38. The van der Waals surface area contributed by atoms with E-state index in [2.05, 4.69) is 0 Å². The Hall–Kier alpha value is -2.94. The normalized spacial score (nSPS) is 17.6. The number of hydrogen-bond acceptors (Lipinski definition) is 8. The molecule has 1 fully saturated rings. The van der Waals surface area contributed by atoms with Gasteiger partial charge in [-0.15, -0.1) is 0 Å². The van der Waals surface area contributed by atoms with Crippen molar-refractivity contribution in [3.05, 3.63) is 23.8 Å². The fourth-order valence-electron chi connectivity index (χ4n) is 5.09. The average Bonchev–Trinajstić information content (AvgIpc) is 2.83. The number of benzene rings is 1. The quantitative estimate of drug-likeness (QED) is 0.239. The van der Waals surface area contributed by atoms with Gasteiger partial charge in [0.05, 0.1) is 18.8 Å². The number of carboxylic acids is 1. The molecule has 0 aliphatic heterocycles. The van der Waals surface area contributed by atoms with Gasteiger partial charge in [-0.1, -0.05) is 73.8 Å². The van der Waals surface area contributed by atoms with Crippen LogP contribution in [0.4, 0.5) is 0 Å². The molecule has 0 spiro atoms. The van der Waals surface area contributed by atoms with Crippen molar-refractivity contribution in [1.82, 2.24) is 0 Å². The van der Waals surface area contributed by atoms with E-state index in [-0.39, 0.29) is 47.1 Å². The number of hydrogen-bond donors (Lipinski definition) is 2. The third-order valence-corrected chi connectivity index (χ3v) is 7.37. The van der Waals surface area contributed by atoms with Crippen molar-refractivity contribution in [2.24, 2.45) is 28.4 Å². The molecule has 0 bridgehead atoms. The van der Waals surface area contributed by atoms with E-state index in [1.54, 1.807) is 19.9 Å². The number of aliphatic carboxylic acids is 1. The van der Waals surface area contributed by atoms with Crippen molar-refractivity contribution in [1.29, 1.82) is 0 Å². The number of rotatable bonds is 11. The molecule has 0 radical (unpaired) electrons. The minimum atomic E-state index is -1.34. The molecule has 1 aliphatic rings. The van der Waals surface area contributed by atoms with Gasteiger partial charge in [-0.2, -0.15) is 0 Å². The predicted molar refractivity (Wildman–Crippen MR) is 156 cm³/mol. The Morgan fingerprint density at radius 1 is 0.878 bits per heavy atom. The first-order chi connectivity index (χ1) is 18.9. The maximum absolute atomic E-state index is 12.8. The summed E-state index contributed by atoms with van der Waals surface area (Å²) in [4.78, 5) is 50.3. The van der Waals surface area contributed by atoms with Crippen molar-refractivity contribution in [3.63, 3.8) is 0 Å². The maximum Gasteiger partial charge on any atom is 0.321 e. The molecule has 1 aromatic carbocycles. The van der Waals surface area contributed by atoms with Gasteiger partial charge in [0.1, 0.15) is 12.1 Å². The van der Waals surface area contributed by atoms with Crippen LogP contribution in [-0.4, -0.2) is 41.1 Å². The molecule has 0 saturated heterocycles. The predicted octanol–water partition coefficient (Wildman–Crippen LogP) is 6.01. The Balaban J connectivity index is 2.43. The van der Waals surface area contributed by atoms with E-state index >= 15 is 0 Å². The minimum absolute atomic E-state index is 0.000603. The zero-order chi connectivity index (χ0) is 31.1. The smallest absolute Gasteiger partial charge is 0.321 e. The highest BCUT2D eigenvalue weighted by Gasteiger charge is 2.37. The monoisotopic (exact) mass is 575 g/mol. The minimum Gasteiger partial charge on any atom is -0.480 e. The van der Waals surface area contributed by atoms with Gasteiger partial charge >= 0.3 is 23.9 Å². The van der Waals surface area contributed by atoms with Gasteiger partial charge < -0.3 is 25.1 Å². The maximum atomic E-state index is 12.8. The second-order valence-electron chi connectivity index (χ2n) is 13.9. The highest BCUT2D eigenvalue weighted by molar-refractivity contribution is 5.78. The van der Waals surface area contributed by atoms with Crippen LogP contribution in [0.5, 0.6) is 11.5 Å². The van der Waals surface area contributed by atoms with E-state index in [0.29, 0.717) is 5.56 Å². The zero-order valence-corrected chi connectivity index (χ0v) is 26.0. The molecule has 9 nitrogen and oxygen atoms in total. The number of carboxylic acid groups (broad SMARTS) is 1. The highest BCUT2D eigenvalue weighted by atomic mass is 16.6. The molecule has 1 aliphatic carbocycles. The van der Waals surface area contributed by atoms with Crippen molar-refractivity contribution < 1.29 is 38.5 Å². The standard InChI is InChI=1S/C32H49NO8/c1-19(20(2)39-30(38)21-12-10-9-11-13-21)27(28(33)29(36)37)22-14-15-23(40-25(34)17-31(3,4)5)24(16-22)41-26(35)18-32(6,7)8/h14-16,19-21,27-28H,9-13,17-18,33H2,1-8H3,(H,36,37)/t19?,20?,27?,28-/m0/s1. The zero-order valence-electron chi connectivity index (χ0n) is 26.0. The van der Waals surface area contributed by atoms with E-state index in [4.69, 9.17) is 19.9 Å². The molecule has 0 heterocycles. The van der Waals surface area contributed by atoms with E-state index in [1.807, 2.05) is 41.5 Å². The average molecular weight is 576 g/mol. The van der Waals surface area contributed by atoms with Gasteiger partial charge in [0, 0.05) is 11.8 Å². The molecule has 0 aromatic heterocycles. The van der Waals surface area contributed by atoms with E-state index in [9.17, 15) is 24.3 Å². The lowest BCUT2D eigenvalue weighted by molar-refractivity contribution is -0.157. The van der Waals surface area contributed by atoms with Crippen LogP contribution in [0.3, 0.4) is 0 Å². The first-order valence-corrected chi connectivity index (χ1v) is 14.6. The molecule has 3 N–H and O–H groups in total. The van der Waals surface area contributed by atoms with Gasteiger partial charge in [0.25, 0.3) is 0 Å². The molecular formula is C32H49NO8. The first-order valence-electron chi connectivity index (χ1n) is 14.6. The third kappa shape index (κ3) is 11.1. The summed E-state index contributed by atoms with van der Waals surface area (Å²) in [5.74, 6) is -3.91. The molecule has 41 heavy (non-hydrogen) atoms. The lowest BCUT2D eigenvalue weighted by Crippen LogP contribution is -2.43. The summed E-state index contributed by atoms with van der Waals surface area (Å²) >= 11 is 0. The number of ether oxygens (including phenoxy) is 3. The van der Waals surface area contributed by atoms with Gasteiger partial charge in [-0.3, -0.25) is 19.2 Å². The van der Waals surface area contributed by atoms with Crippen LogP contribution in [0.2, 0.25) is 0 Å². The molecule has 2 rings (SSSR count). The van der Waals surface area contributed by atoms with Crippen LogP contribution in [0.15, 0.2) is 18.2 Å². The number of nitrogens with two attached hydrogens (primary N) is 1. The SMILES string of the molecule is CC(OC(=O)C1CCCCC1)C(C)C(c1ccc(OC(=O)CC(C)(C)C)c(OC(=O)CC(C)(C)C)c1)[C@H](N)C(=O)O. The van der Waals surface area contributed by atoms with Crippen LogP contribution < -0.4 is 15.2 Å². The molecule has 3 unspecified atom stereocenters. The second kappa shape index (κ2) is 14.3. The van der Waals surface area contributed by atoms with Crippen LogP contribution in [0.25, 0.3) is 0 Å². The molecule has 1 saturated carbocycles. The van der Waals surface area contributed by atoms with Gasteiger partial charge in [-0.25, -0.2) is 0 Å². The molecule has 0 amide bonds.